The third-order valence-corrected chi connectivity index (χ3v) is 4.06. The van der Waals surface area contributed by atoms with Crippen LogP contribution in [0.15, 0.2) is 40.8 Å². The molecule has 3 rings (SSSR count). The van der Waals surface area contributed by atoms with E-state index in [1.165, 1.54) is 0 Å². The molecule has 0 radical (unpaired) electrons. The number of likely N-dealkylation sites (tertiary alicyclic amines) is 1. The molecule has 1 fully saturated rings. The van der Waals surface area contributed by atoms with Gasteiger partial charge in [-0.1, -0.05) is 23.7 Å². The van der Waals surface area contributed by atoms with Crippen LogP contribution >= 0.6 is 11.6 Å². The quantitative estimate of drug-likeness (QED) is 0.945. The largest absolute Gasteiger partial charge is 0.455 e. The highest BCUT2D eigenvalue weighted by atomic mass is 35.5. The van der Waals surface area contributed by atoms with Gasteiger partial charge in [0.15, 0.2) is 5.76 Å². The van der Waals surface area contributed by atoms with Crippen LogP contribution in [0.2, 0.25) is 5.02 Å². The number of furan rings is 1. The van der Waals surface area contributed by atoms with E-state index in [4.69, 9.17) is 21.8 Å². The van der Waals surface area contributed by atoms with Gasteiger partial charge in [0, 0.05) is 11.6 Å². The van der Waals surface area contributed by atoms with Crippen molar-refractivity contribution in [2.24, 2.45) is 5.73 Å². The molecule has 1 saturated heterocycles. The zero-order valence-electron chi connectivity index (χ0n) is 11.6. The lowest BCUT2D eigenvalue weighted by Gasteiger charge is -2.24. The first-order valence-electron chi connectivity index (χ1n) is 7.04. The average molecular weight is 305 g/mol. The minimum atomic E-state index is -0.0859. The first kappa shape index (κ1) is 14.2. The molecule has 0 aliphatic carbocycles. The van der Waals surface area contributed by atoms with Gasteiger partial charge in [0.05, 0.1) is 12.6 Å². The lowest BCUT2D eigenvalue weighted by Crippen LogP contribution is -2.30. The van der Waals surface area contributed by atoms with Gasteiger partial charge in [-0.15, -0.1) is 0 Å². The summed E-state index contributed by atoms with van der Waals surface area (Å²) in [4.78, 5) is 14.5. The molecule has 5 heteroatoms. The summed E-state index contributed by atoms with van der Waals surface area (Å²) < 4.78 is 5.47. The third kappa shape index (κ3) is 2.82. The molecule has 0 saturated carbocycles. The molecule has 0 spiro atoms. The van der Waals surface area contributed by atoms with Crippen LogP contribution in [-0.2, 0) is 6.54 Å². The molecule has 1 aliphatic heterocycles. The van der Waals surface area contributed by atoms with Crippen LogP contribution in [0.1, 0.15) is 40.8 Å². The maximum atomic E-state index is 12.6. The molecule has 0 bridgehead atoms. The van der Waals surface area contributed by atoms with Gasteiger partial charge in [0.25, 0.3) is 5.91 Å². The van der Waals surface area contributed by atoms with Crippen LogP contribution in [0.4, 0.5) is 0 Å². The van der Waals surface area contributed by atoms with Crippen LogP contribution in [0.25, 0.3) is 0 Å². The summed E-state index contributed by atoms with van der Waals surface area (Å²) in [5.74, 6) is 0.887. The molecule has 2 N–H and O–H groups in total. The first-order chi connectivity index (χ1) is 10.2. The van der Waals surface area contributed by atoms with Crippen LogP contribution in [0.3, 0.4) is 0 Å². The van der Waals surface area contributed by atoms with E-state index in [1.807, 2.05) is 29.2 Å². The van der Waals surface area contributed by atoms with Crippen molar-refractivity contribution in [2.75, 3.05) is 6.54 Å². The van der Waals surface area contributed by atoms with Gasteiger partial charge >= 0.3 is 0 Å². The van der Waals surface area contributed by atoms with E-state index < -0.39 is 0 Å². The fourth-order valence-corrected chi connectivity index (χ4v) is 3.01. The molecule has 2 aromatic rings. The molecule has 1 amide bonds. The number of nitrogens with two attached hydrogens (primary N) is 1. The van der Waals surface area contributed by atoms with Crippen LogP contribution in [0, 0.1) is 0 Å². The lowest BCUT2D eigenvalue weighted by atomic mass is 10.0. The highest BCUT2D eigenvalue weighted by Gasteiger charge is 2.32. The topological polar surface area (TPSA) is 59.5 Å². The maximum Gasteiger partial charge on any atom is 0.290 e. The molecular formula is C16H17ClN2O2. The number of benzene rings is 1. The fourth-order valence-electron chi connectivity index (χ4n) is 2.81. The predicted molar refractivity (Wildman–Crippen MR) is 81.1 cm³/mol. The predicted octanol–water partition coefficient (Wildman–Crippen LogP) is 3.37. The molecule has 110 valence electrons. The van der Waals surface area contributed by atoms with Gasteiger partial charge in [-0.2, -0.15) is 0 Å². The number of nitrogens with zero attached hydrogens (tertiary/aromatic N) is 1. The van der Waals surface area contributed by atoms with E-state index in [0.717, 1.165) is 24.9 Å². The number of carbonyl (C=O) groups is 1. The Balaban J connectivity index is 1.85. The highest BCUT2D eigenvalue weighted by molar-refractivity contribution is 6.30. The zero-order valence-corrected chi connectivity index (χ0v) is 12.3. The number of hydrogen-bond acceptors (Lipinski definition) is 3. The van der Waals surface area contributed by atoms with E-state index >= 15 is 0 Å². The van der Waals surface area contributed by atoms with Gasteiger partial charge in [-0.3, -0.25) is 4.79 Å². The summed E-state index contributed by atoms with van der Waals surface area (Å²) in [6, 6.07) is 11.2. The van der Waals surface area contributed by atoms with Crippen LogP contribution < -0.4 is 5.73 Å². The van der Waals surface area contributed by atoms with E-state index in [0.29, 0.717) is 23.1 Å². The Labute approximate surface area is 128 Å². The highest BCUT2D eigenvalue weighted by Crippen LogP contribution is 2.34. The standard InChI is InChI=1S/C16H17ClN2O2/c17-12-4-1-3-11(9-12)14-5-2-8-19(14)16(20)15-7-6-13(10-18)21-15/h1,3-4,6-7,9,14H,2,5,8,10,18H2. The van der Waals surface area contributed by atoms with E-state index in [9.17, 15) is 4.79 Å². The Morgan fingerprint density at radius 2 is 2.24 bits per heavy atom. The summed E-state index contributed by atoms with van der Waals surface area (Å²) in [7, 11) is 0. The second-order valence-corrected chi connectivity index (χ2v) is 5.62. The maximum absolute atomic E-state index is 12.6. The molecule has 2 heterocycles. The van der Waals surface area contributed by atoms with Gasteiger partial charge < -0.3 is 15.1 Å². The van der Waals surface area contributed by atoms with Crippen molar-refractivity contribution >= 4 is 17.5 Å². The smallest absolute Gasteiger partial charge is 0.290 e. The minimum Gasteiger partial charge on any atom is -0.455 e. The Kier molecular flexibility index (Phi) is 3.99. The molecule has 21 heavy (non-hydrogen) atoms. The van der Waals surface area contributed by atoms with Crippen molar-refractivity contribution < 1.29 is 9.21 Å². The first-order valence-corrected chi connectivity index (χ1v) is 7.42. The van der Waals surface area contributed by atoms with Crippen molar-refractivity contribution in [3.63, 3.8) is 0 Å². The minimum absolute atomic E-state index is 0.0580. The van der Waals surface area contributed by atoms with Crippen molar-refractivity contribution in [3.05, 3.63) is 58.5 Å². The summed E-state index contributed by atoms with van der Waals surface area (Å²) in [5.41, 5.74) is 6.59. The number of hydrogen-bond donors (Lipinski definition) is 1. The summed E-state index contributed by atoms with van der Waals surface area (Å²) in [5, 5.41) is 0.690. The van der Waals surface area contributed by atoms with Crippen molar-refractivity contribution in [1.82, 2.24) is 4.90 Å². The van der Waals surface area contributed by atoms with E-state index in [-0.39, 0.29) is 11.9 Å². The average Bonchev–Trinajstić information content (AvgIpc) is 3.15. The molecular weight excluding hydrogens is 288 g/mol. The molecule has 1 aliphatic rings. The number of rotatable bonds is 3. The normalized spacial score (nSPS) is 18.2. The van der Waals surface area contributed by atoms with Gasteiger partial charge in [0.2, 0.25) is 0 Å². The second-order valence-electron chi connectivity index (χ2n) is 5.18. The zero-order chi connectivity index (χ0) is 14.8. The molecule has 1 aromatic carbocycles. The Bertz CT molecular complexity index is 653. The molecule has 1 unspecified atom stereocenters. The molecule has 4 nitrogen and oxygen atoms in total. The van der Waals surface area contributed by atoms with Crippen molar-refractivity contribution in [1.29, 1.82) is 0 Å². The van der Waals surface area contributed by atoms with E-state index in [2.05, 4.69) is 0 Å². The number of halogens is 1. The molecule has 1 aromatic heterocycles. The summed E-state index contributed by atoms with van der Waals surface area (Å²) >= 11 is 6.05. The summed E-state index contributed by atoms with van der Waals surface area (Å²) in [6.45, 7) is 1.03. The fraction of sp³-hybridized carbons (Fsp3) is 0.312. The monoisotopic (exact) mass is 304 g/mol. The Hall–Kier alpha value is -1.78. The Morgan fingerprint density at radius 1 is 1.38 bits per heavy atom. The molecule has 1 atom stereocenters. The Morgan fingerprint density at radius 3 is 2.95 bits per heavy atom. The summed E-state index contributed by atoms with van der Waals surface area (Å²) in [6.07, 6.45) is 1.92. The van der Waals surface area contributed by atoms with E-state index in [1.54, 1.807) is 12.1 Å². The van der Waals surface area contributed by atoms with Crippen LogP contribution in [-0.4, -0.2) is 17.4 Å². The number of carbonyl (C=O) groups excluding carboxylic acids is 1. The SMILES string of the molecule is NCc1ccc(C(=O)N2CCCC2c2cccc(Cl)c2)o1. The number of amides is 1. The van der Waals surface area contributed by atoms with Crippen molar-refractivity contribution in [3.8, 4) is 0 Å². The third-order valence-electron chi connectivity index (χ3n) is 3.82. The lowest BCUT2D eigenvalue weighted by molar-refractivity contribution is 0.0701. The van der Waals surface area contributed by atoms with Gasteiger partial charge in [0.1, 0.15) is 5.76 Å². The van der Waals surface area contributed by atoms with Gasteiger partial charge in [-0.05, 0) is 42.7 Å². The van der Waals surface area contributed by atoms with Gasteiger partial charge in [-0.25, -0.2) is 0 Å². The van der Waals surface area contributed by atoms with Crippen molar-refractivity contribution in [2.45, 2.75) is 25.4 Å². The van der Waals surface area contributed by atoms with Crippen LogP contribution in [0.5, 0.6) is 0 Å². The second kappa shape index (κ2) is 5.92.